The number of amides is 1. The van der Waals surface area contributed by atoms with Crippen molar-refractivity contribution < 1.29 is 4.79 Å². The third kappa shape index (κ3) is 6.05. The van der Waals surface area contributed by atoms with Gasteiger partial charge in [0.25, 0.3) is 5.91 Å². The van der Waals surface area contributed by atoms with Crippen LogP contribution in [0.25, 0.3) is 11.4 Å². The van der Waals surface area contributed by atoms with Crippen molar-refractivity contribution in [1.29, 1.82) is 0 Å². The van der Waals surface area contributed by atoms with Crippen LogP contribution in [0.1, 0.15) is 49.3 Å². The van der Waals surface area contributed by atoms with Crippen molar-refractivity contribution in [3.05, 3.63) is 59.7 Å². The molecule has 1 heterocycles. The Morgan fingerprint density at radius 1 is 1.09 bits per heavy atom. The molecule has 1 aliphatic carbocycles. The lowest BCUT2D eigenvalue weighted by molar-refractivity contribution is -0.118. The quantitative estimate of drug-likeness (QED) is 0.279. The van der Waals surface area contributed by atoms with E-state index in [-0.39, 0.29) is 11.7 Å². The van der Waals surface area contributed by atoms with E-state index in [0.717, 1.165) is 40.6 Å². The summed E-state index contributed by atoms with van der Waals surface area (Å²) in [4.78, 5) is 14.5. The van der Waals surface area contributed by atoms with Gasteiger partial charge in [-0.05, 0) is 37.5 Å². The van der Waals surface area contributed by atoms with Gasteiger partial charge in [-0.25, -0.2) is 5.43 Å². The summed E-state index contributed by atoms with van der Waals surface area (Å²) in [6.45, 7) is 2.08. The van der Waals surface area contributed by atoms with Crippen molar-refractivity contribution in [1.82, 2.24) is 20.2 Å². The second-order valence-electron chi connectivity index (χ2n) is 8.90. The van der Waals surface area contributed by atoms with Crippen molar-refractivity contribution in [3.63, 3.8) is 0 Å². The Bertz CT molecular complexity index is 1120. The van der Waals surface area contributed by atoms with Gasteiger partial charge in [0.1, 0.15) is 0 Å². The van der Waals surface area contributed by atoms with Crippen LogP contribution in [0.5, 0.6) is 0 Å². The number of thioether (sulfide) groups is 1. The van der Waals surface area contributed by atoms with Crippen molar-refractivity contribution in [3.8, 4) is 11.4 Å². The fourth-order valence-corrected chi connectivity index (χ4v) is 4.94. The fraction of sp³-hybridized carbons (Fsp3) is 0.385. The minimum absolute atomic E-state index is 0.166. The Morgan fingerprint density at radius 2 is 1.79 bits per heavy atom. The van der Waals surface area contributed by atoms with E-state index < -0.39 is 0 Å². The lowest BCUT2D eigenvalue weighted by atomic mass is 9.95. The standard InChI is InChI=1S/C26H32N6OS/c1-19-9-13-21(14-10-19)25-29-30-26(32(25)23-7-5-4-6-8-23)34-18-24(33)28-27-17-20-11-15-22(16-12-20)31(2)3/h9-17,23H,4-8,18H2,1-3H3,(H,28,33). The van der Waals surface area contributed by atoms with Crippen LogP contribution in [0.3, 0.4) is 0 Å². The minimum atomic E-state index is -0.166. The molecule has 0 saturated heterocycles. The number of nitrogens with one attached hydrogen (secondary N) is 1. The summed E-state index contributed by atoms with van der Waals surface area (Å²) in [5, 5.41) is 13.9. The summed E-state index contributed by atoms with van der Waals surface area (Å²) in [6.07, 6.45) is 7.60. The predicted molar refractivity (Wildman–Crippen MR) is 140 cm³/mol. The molecular weight excluding hydrogens is 444 g/mol. The van der Waals surface area contributed by atoms with Gasteiger partial charge in [-0.15, -0.1) is 10.2 Å². The Morgan fingerprint density at radius 3 is 2.47 bits per heavy atom. The molecule has 0 aliphatic heterocycles. The predicted octanol–water partition coefficient (Wildman–Crippen LogP) is 5.07. The molecule has 178 valence electrons. The molecule has 1 fully saturated rings. The van der Waals surface area contributed by atoms with E-state index >= 15 is 0 Å². The number of hydrazone groups is 1. The van der Waals surface area contributed by atoms with Crippen LogP contribution in [0.15, 0.2) is 58.8 Å². The smallest absolute Gasteiger partial charge is 0.250 e. The van der Waals surface area contributed by atoms with Gasteiger partial charge in [0, 0.05) is 31.4 Å². The molecule has 7 nitrogen and oxygen atoms in total. The molecule has 2 aromatic carbocycles. The van der Waals surface area contributed by atoms with Crippen LogP contribution < -0.4 is 10.3 Å². The molecule has 0 bridgehead atoms. The maximum atomic E-state index is 12.4. The first-order chi connectivity index (χ1) is 16.5. The lowest BCUT2D eigenvalue weighted by Crippen LogP contribution is -2.20. The van der Waals surface area contributed by atoms with E-state index in [1.165, 1.54) is 36.6 Å². The third-order valence-electron chi connectivity index (χ3n) is 6.06. The molecule has 34 heavy (non-hydrogen) atoms. The Hall–Kier alpha value is -3.13. The monoisotopic (exact) mass is 476 g/mol. The first-order valence-electron chi connectivity index (χ1n) is 11.8. The zero-order chi connectivity index (χ0) is 23.9. The van der Waals surface area contributed by atoms with E-state index in [9.17, 15) is 4.79 Å². The summed E-state index contributed by atoms with van der Waals surface area (Å²) < 4.78 is 2.25. The number of nitrogens with zero attached hydrogens (tertiary/aromatic N) is 5. The van der Waals surface area contributed by atoms with Gasteiger partial charge in [-0.2, -0.15) is 5.10 Å². The number of anilines is 1. The Labute approximate surface area is 205 Å². The van der Waals surface area contributed by atoms with E-state index in [1.807, 2.05) is 43.3 Å². The second kappa shape index (κ2) is 11.3. The van der Waals surface area contributed by atoms with Gasteiger partial charge in [0.05, 0.1) is 12.0 Å². The molecule has 3 aromatic rings. The van der Waals surface area contributed by atoms with Crippen LogP contribution in [0, 0.1) is 6.92 Å². The first kappa shape index (κ1) is 24.0. The number of hydrogen-bond donors (Lipinski definition) is 1. The van der Waals surface area contributed by atoms with Gasteiger partial charge >= 0.3 is 0 Å². The normalized spacial score (nSPS) is 14.4. The van der Waals surface area contributed by atoms with Crippen molar-refractivity contribution >= 4 is 29.6 Å². The van der Waals surface area contributed by atoms with Crippen LogP contribution in [0.2, 0.25) is 0 Å². The number of carbonyl (C=O) groups is 1. The van der Waals surface area contributed by atoms with Gasteiger partial charge < -0.3 is 4.90 Å². The summed E-state index contributed by atoms with van der Waals surface area (Å²) in [6, 6.07) is 16.7. The summed E-state index contributed by atoms with van der Waals surface area (Å²) in [5.41, 5.74) is 6.94. The topological polar surface area (TPSA) is 75.4 Å². The molecule has 1 saturated carbocycles. The molecule has 0 spiro atoms. The average molecular weight is 477 g/mol. The van der Waals surface area contributed by atoms with Gasteiger partial charge in [-0.3, -0.25) is 9.36 Å². The van der Waals surface area contributed by atoms with E-state index in [1.54, 1.807) is 6.21 Å². The van der Waals surface area contributed by atoms with E-state index in [2.05, 4.69) is 56.5 Å². The number of aryl methyl sites for hydroxylation is 1. The first-order valence-corrected chi connectivity index (χ1v) is 12.7. The molecule has 0 radical (unpaired) electrons. The highest BCUT2D eigenvalue weighted by molar-refractivity contribution is 7.99. The Kier molecular flexibility index (Phi) is 8.00. The van der Waals surface area contributed by atoms with Crippen molar-refractivity contribution in [2.75, 3.05) is 24.7 Å². The number of carbonyl (C=O) groups excluding carboxylic acids is 1. The van der Waals surface area contributed by atoms with Crippen LogP contribution >= 0.6 is 11.8 Å². The average Bonchev–Trinajstić information content (AvgIpc) is 3.28. The second-order valence-corrected chi connectivity index (χ2v) is 9.84. The van der Waals surface area contributed by atoms with Crippen molar-refractivity contribution in [2.24, 2.45) is 5.10 Å². The number of hydrogen-bond acceptors (Lipinski definition) is 6. The zero-order valence-corrected chi connectivity index (χ0v) is 20.9. The summed E-state index contributed by atoms with van der Waals surface area (Å²) in [7, 11) is 4.00. The third-order valence-corrected chi connectivity index (χ3v) is 7.00. The molecule has 0 atom stereocenters. The molecule has 1 amide bonds. The maximum absolute atomic E-state index is 12.4. The molecule has 1 aromatic heterocycles. The highest BCUT2D eigenvalue weighted by Crippen LogP contribution is 2.35. The molecule has 4 rings (SSSR count). The van der Waals surface area contributed by atoms with Gasteiger partial charge in [0.2, 0.25) is 0 Å². The lowest BCUT2D eigenvalue weighted by Gasteiger charge is -2.25. The number of benzene rings is 2. The molecule has 1 N–H and O–H groups in total. The van der Waals surface area contributed by atoms with E-state index in [0.29, 0.717) is 6.04 Å². The molecular formula is C26H32N6OS. The highest BCUT2D eigenvalue weighted by Gasteiger charge is 2.24. The molecule has 8 heteroatoms. The fourth-order valence-electron chi connectivity index (χ4n) is 4.14. The Balaban J connectivity index is 1.41. The van der Waals surface area contributed by atoms with Gasteiger partial charge in [-0.1, -0.05) is 73.0 Å². The minimum Gasteiger partial charge on any atom is -0.378 e. The van der Waals surface area contributed by atoms with E-state index in [4.69, 9.17) is 0 Å². The largest absolute Gasteiger partial charge is 0.378 e. The summed E-state index contributed by atoms with van der Waals surface area (Å²) in [5.74, 6) is 0.950. The van der Waals surface area contributed by atoms with Crippen LogP contribution in [0.4, 0.5) is 5.69 Å². The summed E-state index contributed by atoms with van der Waals surface area (Å²) >= 11 is 1.42. The SMILES string of the molecule is Cc1ccc(-c2nnc(SCC(=O)NN=Cc3ccc(N(C)C)cc3)n2C2CCCCC2)cc1. The zero-order valence-electron chi connectivity index (χ0n) is 20.1. The maximum Gasteiger partial charge on any atom is 0.250 e. The molecule has 1 aliphatic rings. The van der Waals surface area contributed by atoms with Gasteiger partial charge in [0.15, 0.2) is 11.0 Å². The number of aromatic nitrogens is 3. The highest BCUT2D eigenvalue weighted by atomic mass is 32.2. The molecule has 0 unspecified atom stereocenters. The van der Waals surface area contributed by atoms with Crippen LogP contribution in [-0.4, -0.2) is 46.7 Å². The van der Waals surface area contributed by atoms with Crippen LogP contribution in [-0.2, 0) is 4.79 Å². The van der Waals surface area contributed by atoms with Crippen molar-refractivity contribution in [2.45, 2.75) is 50.2 Å². The number of rotatable bonds is 8.